The molecule has 110 valence electrons. The topological polar surface area (TPSA) is 20.3 Å². The van der Waals surface area contributed by atoms with Crippen molar-refractivity contribution in [1.29, 1.82) is 0 Å². The predicted octanol–water partition coefficient (Wildman–Crippen LogP) is 4.59. The highest BCUT2D eigenvalue weighted by molar-refractivity contribution is 5.92. The Kier molecular flexibility index (Phi) is 5.55. The van der Waals surface area contributed by atoms with Crippen LogP contribution in [0.25, 0.3) is 0 Å². The van der Waals surface area contributed by atoms with E-state index in [9.17, 15) is 4.79 Å². The maximum absolute atomic E-state index is 12.2. The summed E-state index contributed by atoms with van der Waals surface area (Å²) in [5.41, 5.74) is 2.04. The van der Waals surface area contributed by atoms with Crippen LogP contribution in [0, 0.1) is 5.41 Å². The summed E-state index contributed by atoms with van der Waals surface area (Å²) in [6.07, 6.45) is 2.03. The largest absolute Gasteiger partial charge is 0.335 e. The number of likely N-dealkylation sites (N-methyl/N-ethyl adjacent to an activating group) is 1. The van der Waals surface area contributed by atoms with Crippen LogP contribution in [0.2, 0.25) is 0 Å². The van der Waals surface area contributed by atoms with E-state index in [4.69, 9.17) is 0 Å². The van der Waals surface area contributed by atoms with Crippen molar-refractivity contribution in [3.05, 3.63) is 48.0 Å². The van der Waals surface area contributed by atoms with Gasteiger partial charge in [-0.15, -0.1) is 0 Å². The maximum atomic E-state index is 12.2. The fourth-order valence-corrected chi connectivity index (χ4v) is 2.27. The molecule has 1 unspecified atom stereocenters. The molecule has 20 heavy (non-hydrogen) atoms. The molecule has 1 atom stereocenters. The van der Waals surface area contributed by atoms with Crippen molar-refractivity contribution in [3.63, 3.8) is 0 Å². The molecule has 0 fully saturated rings. The van der Waals surface area contributed by atoms with Gasteiger partial charge in [-0.3, -0.25) is 4.79 Å². The highest BCUT2D eigenvalue weighted by atomic mass is 16.2. The zero-order valence-electron chi connectivity index (χ0n) is 13.4. The van der Waals surface area contributed by atoms with E-state index < -0.39 is 0 Å². The minimum absolute atomic E-state index is 0.0211. The number of benzene rings is 1. The molecule has 0 N–H and O–H groups in total. The van der Waals surface area contributed by atoms with E-state index in [1.54, 1.807) is 6.92 Å². The van der Waals surface area contributed by atoms with E-state index in [2.05, 4.69) is 39.5 Å². The van der Waals surface area contributed by atoms with E-state index in [1.807, 2.05) is 30.1 Å². The Bertz CT molecular complexity index is 456. The Morgan fingerprint density at radius 1 is 1.25 bits per heavy atom. The predicted molar refractivity (Wildman–Crippen MR) is 85.5 cm³/mol. The van der Waals surface area contributed by atoms with Gasteiger partial charge in [0.25, 0.3) is 0 Å². The third-order valence-electron chi connectivity index (χ3n) is 3.51. The summed E-state index contributed by atoms with van der Waals surface area (Å²) in [5.74, 6) is 0.0211. The number of carbonyl (C=O) groups excluding carboxylic acids is 1. The van der Waals surface area contributed by atoms with Gasteiger partial charge in [0, 0.05) is 12.6 Å². The highest BCUT2D eigenvalue weighted by Crippen LogP contribution is 2.31. The summed E-state index contributed by atoms with van der Waals surface area (Å²) in [4.78, 5) is 14.0. The molecule has 0 heterocycles. The quantitative estimate of drug-likeness (QED) is 0.719. The SMILES string of the molecule is C=C(C)C(=O)N(C)C(CCC(C)(C)C)c1ccccc1. The molecular formula is C18H27NO. The second-order valence-electron chi connectivity index (χ2n) is 6.72. The van der Waals surface area contributed by atoms with Crippen molar-refractivity contribution >= 4 is 5.91 Å². The van der Waals surface area contributed by atoms with Crippen molar-refractivity contribution in [3.8, 4) is 0 Å². The Morgan fingerprint density at radius 2 is 1.80 bits per heavy atom. The van der Waals surface area contributed by atoms with Gasteiger partial charge in [0.1, 0.15) is 0 Å². The zero-order chi connectivity index (χ0) is 15.3. The van der Waals surface area contributed by atoms with Gasteiger partial charge in [-0.1, -0.05) is 57.7 Å². The van der Waals surface area contributed by atoms with Gasteiger partial charge >= 0.3 is 0 Å². The fourth-order valence-electron chi connectivity index (χ4n) is 2.27. The molecule has 0 saturated carbocycles. The van der Waals surface area contributed by atoms with Crippen molar-refractivity contribution in [2.45, 2.75) is 46.6 Å². The minimum atomic E-state index is 0.0211. The molecule has 1 aromatic rings. The molecule has 0 saturated heterocycles. The molecule has 2 nitrogen and oxygen atoms in total. The molecule has 0 aromatic heterocycles. The summed E-state index contributed by atoms with van der Waals surface area (Å²) < 4.78 is 0. The van der Waals surface area contributed by atoms with Crippen LogP contribution in [0.4, 0.5) is 0 Å². The summed E-state index contributed by atoms with van der Waals surface area (Å²) in [5, 5.41) is 0. The van der Waals surface area contributed by atoms with Gasteiger partial charge in [-0.05, 0) is 30.7 Å². The molecule has 1 rings (SSSR count). The third-order valence-corrected chi connectivity index (χ3v) is 3.51. The molecule has 0 bridgehead atoms. The first-order valence-corrected chi connectivity index (χ1v) is 7.20. The smallest absolute Gasteiger partial charge is 0.249 e. The summed E-state index contributed by atoms with van der Waals surface area (Å²) in [6, 6.07) is 10.4. The Morgan fingerprint density at radius 3 is 2.25 bits per heavy atom. The Hall–Kier alpha value is -1.57. The standard InChI is InChI=1S/C18H27NO/c1-14(2)17(20)19(6)16(12-13-18(3,4)5)15-10-8-7-9-11-15/h7-11,16H,1,12-13H2,2-6H3. The van der Waals surface area contributed by atoms with Crippen LogP contribution in [0.1, 0.15) is 52.1 Å². The van der Waals surface area contributed by atoms with Crippen LogP contribution in [-0.2, 0) is 4.79 Å². The second-order valence-corrected chi connectivity index (χ2v) is 6.72. The average Bonchev–Trinajstić information content (AvgIpc) is 2.37. The van der Waals surface area contributed by atoms with Gasteiger partial charge in [-0.2, -0.15) is 0 Å². The lowest BCUT2D eigenvalue weighted by Crippen LogP contribution is -2.32. The number of amides is 1. The van der Waals surface area contributed by atoms with E-state index in [0.717, 1.165) is 12.8 Å². The second kappa shape index (κ2) is 6.74. The average molecular weight is 273 g/mol. The summed E-state index contributed by atoms with van der Waals surface area (Å²) in [6.45, 7) is 12.2. The van der Waals surface area contributed by atoms with Crippen LogP contribution in [0.5, 0.6) is 0 Å². The normalized spacial score (nSPS) is 12.8. The molecular weight excluding hydrogens is 246 g/mol. The van der Waals surface area contributed by atoms with Gasteiger partial charge in [-0.25, -0.2) is 0 Å². The molecule has 0 spiro atoms. The lowest BCUT2D eigenvalue weighted by Gasteiger charge is -2.31. The number of carbonyl (C=O) groups is 1. The zero-order valence-corrected chi connectivity index (χ0v) is 13.4. The number of nitrogens with zero attached hydrogens (tertiary/aromatic N) is 1. The first-order valence-electron chi connectivity index (χ1n) is 7.20. The van der Waals surface area contributed by atoms with E-state index >= 15 is 0 Å². The first-order chi connectivity index (χ1) is 9.22. The van der Waals surface area contributed by atoms with Crippen LogP contribution >= 0.6 is 0 Å². The van der Waals surface area contributed by atoms with E-state index in [-0.39, 0.29) is 17.4 Å². The highest BCUT2D eigenvalue weighted by Gasteiger charge is 2.23. The number of hydrogen-bond donors (Lipinski definition) is 0. The van der Waals surface area contributed by atoms with Gasteiger partial charge < -0.3 is 4.90 Å². The third kappa shape index (κ3) is 4.84. The van der Waals surface area contributed by atoms with Gasteiger partial charge in [0.15, 0.2) is 0 Å². The fraction of sp³-hybridized carbons (Fsp3) is 0.500. The van der Waals surface area contributed by atoms with Gasteiger partial charge in [0.05, 0.1) is 6.04 Å². The van der Waals surface area contributed by atoms with Crippen molar-refractivity contribution < 1.29 is 4.79 Å². The van der Waals surface area contributed by atoms with Crippen LogP contribution in [0.15, 0.2) is 42.5 Å². The molecule has 2 heteroatoms. The molecule has 0 aliphatic carbocycles. The minimum Gasteiger partial charge on any atom is -0.335 e. The van der Waals surface area contributed by atoms with Crippen molar-refractivity contribution in [1.82, 2.24) is 4.90 Å². The Balaban J connectivity index is 2.96. The monoisotopic (exact) mass is 273 g/mol. The van der Waals surface area contributed by atoms with Gasteiger partial charge in [0.2, 0.25) is 5.91 Å². The van der Waals surface area contributed by atoms with Crippen LogP contribution in [-0.4, -0.2) is 17.9 Å². The molecule has 0 radical (unpaired) electrons. The Labute approximate surface area is 123 Å². The molecule has 1 amide bonds. The summed E-state index contributed by atoms with van der Waals surface area (Å²) in [7, 11) is 1.87. The maximum Gasteiger partial charge on any atom is 0.249 e. The lowest BCUT2D eigenvalue weighted by molar-refractivity contribution is -0.128. The molecule has 1 aromatic carbocycles. The first kappa shape index (κ1) is 16.5. The van der Waals surface area contributed by atoms with E-state index in [0.29, 0.717) is 5.57 Å². The van der Waals surface area contributed by atoms with Crippen LogP contribution in [0.3, 0.4) is 0 Å². The molecule has 0 aliphatic rings. The van der Waals surface area contributed by atoms with Crippen LogP contribution < -0.4 is 0 Å². The van der Waals surface area contributed by atoms with Crippen molar-refractivity contribution in [2.75, 3.05) is 7.05 Å². The number of hydrogen-bond acceptors (Lipinski definition) is 1. The number of rotatable bonds is 5. The van der Waals surface area contributed by atoms with E-state index in [1.165, 1.54) is 5.56 Å². The summed E-state index contributed by atoms with van der Waals surface area (Å²) >= 11 is 0. The molecule has 0 aliphatic heterocycles. The van der Waals surface area contributed by atoms with Crippen molar-refractivity contribution in [2.24, 2.45) is 5.41 Å². The lowest BCUT2D eigenvalue weighted by atomic mass is 9.86.